The normalized spacial score (nSPS) is 19.6. The third-order valence-electron chi connectivity index (χ3n) is 3.37. The highest BCUT2D eigenvalue weighted by atomic mass is 32.2. The quantitative estimate of drug-likeness (QED) is 0.875. The van der Waals surface area contributed by atoms with Gasteiger partial charge in [0.15, 0.2) is 11.5 Å². The Morgan fingerprint density at radius 3 is 2.90 bits per heavy atom. The van der Waals surface area contributed by atoms with Gasteiger partial charge >= 0.3 is 5.97 Å². The van der Waals surface area contributed by atoms with E-state index in [1.165, 1.54) is 0 Å². The van der Waals surface area contributed by atoms with Crippen LogP contribution in [-0.4, -0.2) is 35.8 Å². The van der Waals surface area contributed by atoms with Gasteiger partial charge in [0, 0.05) is 5.75 Å². The summed E-state index contributed by atoms with van der Waals surface area (Å²) in [6.45, 7) is 1.71. The maximum Gasteiger partial charge on any atom is 0.306 e. The Kier molecular flexibility index (Phi) is 5.17. The zero-order chi connectivity index (χ0) is 14.5. The second-order valence-electron chi connectivity index (χ2n) is 5.03. The molecule has 1 aliphatic rings. The first-order valence-corrected chi connectivity index (χ1v) is 7.89. The van der Waals surface area contributed by atoms with Crippen LogP contribution in [0.15, 0.2) is 18.2 Å². The van der Waals surface area contributed by atoms with Gasteiger partial charge in [-0.05, 0) is 36.3 Å². The summed E-state index contributed by atoms with van der Waals surface area (Å²) >= 11 is 1.89. The van der Waals surface area contributed by atoms with Crippen LogP contribution in [0.25, 0.3) is 0 Å². The molecule has 1 heterocycles. The van der Waals surface area contributed by atoms with Gasteiger partial charge < -0.3 is 14.6 Å². The number of methoxy groups -OCH3 is 1. The van der Waals surface area contributed by atoms with Crippen LogP contribution in [0.5, 0.6) is 11.5 Å². The van der Waals surface area contributed by atoms with Crippen LogP contribution >= 0.6 is 11.8 Å². The topological polar surface area (TPSA) is 55.8 Å². The van der Waals surface area contributed by atoms with Gasteiger partial charge in [0.25, 0.3) is 0 Å². The van der Waals surface area contributed by atoms with Crippen LogP contribution in [0, 0.1) is 5.92 Å². The summed E-state index contributed by atoms with van der Waals surface area (Å²) in [4.78, 5) is 10.9. The molecule has 0 aromatic heterocycles. The molecule has 0 saturated carbocycles. The van der Waals surface area contributed by atoms with Gasteiger partial charge in [-0.15, -0.1) is 0 Å². The van der Waals surface area contributed by atoms with Crippen molar-refractivity contribution >= 4 is 17.7 Å². The van der Waals surface area contributed by atoms with Gasteiger partial charge in [0.1, 0.15) is 6.10 Å². The standard InChI is InChI=1S/C15H20O4S/c1-10(15(16)17)7-11-3-4-13(18-2)14(8-11)19-12-5-6-20-9-12/h3-4,8,10,12H,5-7,9H2,1-2H3,(H,16,17). The number of ether oxygens (including phenoxy) is 2. The van der Waals surface area contributed by atoms with E-state index in [1.54, 1.807) is 14.0 Å². The van der Waals surface area contributed by atoms with Crippen molar-refractivity contribution in [1.82, 2.24) is 0 Å². The average Bonchev–Trinajstić information content (AvgIpc) is 2.92. The van der Waals surface area contributed by atoms with E-state index in [0.29, 0.717) is 12.2 Å². The molecule has 1 aromatic carbocycles. The van der Waals surface area contributed by atoms with Crippen LogP contribution in [0.4, 0.5) is 0 Å². The Hall–Kier alpha value is -1.36. The Balaban J connectivity index is 2.12. The maximum absolute atomic E-state index is 10.9. The van der Waals surface area contributed by atoms with E-state index in [1.807, 2.05) is 30.0 Å². The lowest BCUT2D eigenvalue weighted by Gasteiger charge is -2.17. The first kappa shape index (κ1) is 15.0. The summed E-state index contributed by atoms with van der Waals surface area (Å²) in [5.74, 6) is 2.36. The van der Waals surface area contributed by atoms with Crippen LogP contribution in [0.3, 0.4) is 0 Å². The fourth-order valence-electron chi connectivity index (χ4n) is 2.17. The molecule has 4 nitrogen and oxygen atoms in total. The minimum Gasteiger partial charge on any atom is -0.493 e. The lowest BCUT2D eigenvalue weighted by molar-refractivity contribution is -0.141. The molecule has 0 bridgehead atoms. The van der Waals surface area contributed by atoms with Gasteiger partial charge in [-0.25, -0.2) is 0 Å². The van der Waals surface area contributed by atoms with Gasteiger partial charge in [-0.2, -0.15) is 11.8 Å². The summed E-state index contributed by atoms with van der Waals surface area (Å²) in [5.41, 5.74) is 0.960. The number of thioether (sulfide) groups is 1. The molecule has 0 radical (unpaired) electrons. The molecule has 110 valence electrons. The van der Waals surface area contributed by atoms with Crippen LogP contribution in [0.1, 0.15) is 18.9 Å². The zero-order valence-electron chi connectivity index (χ0n) is 11.8. The van der Waals surface area contributed by atoms with E-state index in [0.717, 1.165) is 29.2 Å². The first-order valence-electron chi connectivity index (χ1n) is 6.74. The number of hydrogen-bond donors (Lipinski definition) is 1. The molecule has 20 heavy (non-hydrogen) atoms. The number of aliphatic carboxylic acids is 1. The van der Waals surface area contributed by atoms with Crippen molar-refractivity contribution in [3.8, 4) is 11.5 Å². The third-order valence-corrected chi connectivity index (χ3v) is 4.50. The molecule has 1 saturated heterocycles. The Morgan fingerprint density at radius 2 is 2.30 bits per heavy atom. The molecule has 0 amide bonds. The molecule has 1 aromatic rings. The molecule has 2 unspecified atom stereocenters. The van der Waals surface area contributed by atoms with E-state index >= 15 is 0 Å². The van der Waals surface area contributed by atoms with E-state index in [-0.39, 0.29) is 6.10 Å². The van der Waals surface area contributed by atoms with Crippen LogP contribution < -0.4 is 9.47 Å². The molecule has 0 aliphatic carbocycles. The number of carboxylic acids is 1. The number of benzene rings is 1. The number of rotatable bonds is 6. The lowest BCUT2D eigenvalue weighted by Crippen LogP contribution is -2.16. The minimum atomic E-state index is -0.782. The van der Waals surface area contributed by atoms with Crippen LogP contribution in [0.2, 0.25) is 0 Å². The molecule has 1 fully saturated rings. The van der Waals surface area contributed by atoms with Crippen LogP contribution in [-0.2, 0) is 11.2 Å². The summed E-state index contributed by atoms with van der Waals surface area (Å²) in [6, 6.07) is 5.65. The molecule has 2 rings (SSSR count). The lowest BCUT2D eigenvalue weighted by atomic mass is 10.0. The van der Waals surface area contributed by atoms with Gasteiger partial charge in [0.2, 0.25) is 0 Å². The smallest absolute Gasteiger partial charge is 0.306 e. The van der Waals surface area contributed by atoms with Gasteiger partial charge in [-0.1, -0.05) is 13.0 Å². The van der Waals surface area contributed by atoms with Crippen molar-refractivity contribution in [1.29, 1.82) is 0 Å². The summed E-state index contributed by atoms with van der Waals surface area (Å²) in [6.07, 6.45) is 1.76. The summed E-state index contributed by atoms with van der Waals surface area (Å²) in [7, 11) is 1.62. The maximum atomic E-state index is 10.9. The van der Waals surface area contributed by atoms with E-state index < -0.39 is 11.9 Å². The number of hydrogen-bond acceptors (Lipinski definition) is 4. The first-order chi connectivity index (χ1) is 9.60. The van der Waals surface area contributed by atoms with Crippen molar-refractivity contribution in [2.24, 2.45) is 5.92 Å². The predicted octanol–water partition coefficient (Wildman–Crippen LogP) is 2.84. The van der Waals surface area contributed by atoms with E-state index in [4.69, 9.17) is 14.6 Å². The second-order valence-corrected chi connectivity index (χ2v) is 6.18. The van der Waals surface area contributed by atoms with Crippen molar-refractivity contribution in [2.75, 3.05) is 18.6 Å². The number of carbonyl (C=O) groups is 1. The Labute approximate surface area is 123 Å². The fourth-order valence-corrected chi connectivity index (χ4v) is 3.26. The van der Waals surface area contributed by atoms with Crippen molar-refractivity contribution in [3.05, 3.63) is 23.8 Å². The molecular weight excluding hydrogens is 276 g/mol. The van der Waals surface area contributed by atoms with Gasteiger partial charge in [0.05, 0.1) is 13.0 Å². The molecular formula is C15H20O4S. The number of carboxylic acid groups (broad SMARTS) is 1. The Morgan fingerprint density at radius 1 is 1.50 bits per heavy atom. The highest BCUT2D eigenvalue weighted by Crippen LogP contribution is 2.32. The molecule has 2 atom stereocenters. The molecule has 5 heteroatoms. The van der Waals surface area contributed by atoms with Crippen molar-refractivity contribution < 1.29 is 19.4 Å². The SMILES string of the molecule is COc1ccc(CC(C)C(=O)O)cc1OC1CCSC1. The summed E-state index contributed by atoms with van der Waals surface area (Å²) in [5, 5.41) is 8.98. The largest absolute Gasteiger partial charge is 0.493 e. The van der Waals surface area contributed by atoms with Gasteiger partial charge in [-0.3, -0.25) is 4.79 Å². The molecule has 1 N–H and O–H groups in total. The van der Waals surface area contributed by atoms with E-state index in [2.05, 4.69) is 0 Å². The monoisotopic (exact) mass is 296 g/mol. The second kappa shape index (κ2) is 6.88. The highest BCUT2D eigenvalue weighted by molar-refractivity contribution is 7.99. The summed E-state index contributed by atoms with van der Waals surface area (Å²) < 4.78 is 11.3. The predicted molar refractivity (Wildman–Crippen MR) is 79.9 cm³/mol. The van der Waals surface area contributed by atoms with Crippen molar-refractivity contribution in [2.45, 2.75) is 25.9 Å². The highest BCUT2D eigenvalue weighted by Gasteiger charge is 2.20. The van der Waals surface area contributed by atoms with E-state index in [9.17, 15) is 4.79 Å². The third kappa shape index (κ3) is 3.82. The van der Waals surface area contributed by atoms with Crippen molar-refractivity contribution in [3.63, 3.8) is 0 Å². The zero-order valence-corrected chi connectivity index (χ0v) is 12.6. The fraction of sp³-hybridized carbons (Fsp3) is 0.533. The average molecular weight is 296 g/mol. The Bertz CT molecular complexity index is 469. The minimum absolute atomic E-state index is 0.223. The molecule has 1 aliphatic heterocycles. The molecule has 0 spiro atoms.